The molecule has 0 amide bonds. The number of aryl methyl sites for hydroxylation is 1. The third-order valence-corrected chi connectivity index (χ3v) is 4.66. The van der Waals surface area contributed by atoms with Gasteiger partial charge in [-0.25, -0.2) is 4.79 Å². The van der Waals surface area contributed by atoms with Crippen molar-refractivity contribution in [2.45, 2.75) is 19.3 Å². The lowest BCUT2D eigenvalue weighted by atomic mass is 9.83. The van der Waals surface area contributed by atoms with Crippen molar-refractivity contribution in [2.75, 3.05) is 5.32 Å². The van der Waals surface area contributed by atoms with Crippen LogP contribution < -0.4 is 22.3 Å². The molecule has 1 aromatic carbocycles. The zero-order valence-electron chi connectivity index (χ0n) is 14.3. The maximum Gasteiger partial charge on any atom is 0.332 e. The summed E-state index contributed by atoms with van der Waals surface area (Å²) in [7, 11) is 2.99. The van der Waals surface area contributed by atoms with Crippen molar-refractivity contribution in [1.29, 1.82) is 5.26 Å². The van der Waals surface area contributed by atoms with E-state index in [2.05, 4.69) is 18.3 Å². The van der Waals surface area contributed by atoms with Gasteiger partial charge in [-0.3, -0.25) is 13.9 Å². The van der Waals surface area contributed by atoms with Crippen LogP contribution in [0.15, 0.2) is 45.2 Å². The third-order valence-electron chi connectivity index (χ3n) is 4.66. The molecule has 0 fully saturated rings. The molecule has 7 nitrogen and oxygen atoms in total. The average molecular weight is 337 g/mol. The summed E-state index contributed by atoms with van der Waals surface area (Å²) in [5, 5.41) is 12.4. The lowest BCUT2D eigenvalue weighted by molar-refractivity contribution is 0.664. The van der Waals surface area contributed by atoms with Crippen LogP contribution in [0.3, 0.4) is 0 Å². The molecule has 0 radical (unpaired) electrons. The molecule has 1 aliphatic heterocycles. The molecule has 3 N–H and O–H groups in total. The molecule has 2 aromatic rings. The minimum Gasteiger partial charge on any atom is -0.384 e. The van der Waals surface area contributed by atoms with E-state index < -0.39 is 17.2 Å². The predicted molar refractivity (Wildman–Crippen MR) is 95.0 cm³/mol. The van der Waals surface area contributed by atoms with Gasteiger partial charge in [0.25, 0.3) is 5.56 Å². The minimum absolute atomic E-state index is 0.155. The molecule has 25 heavy (non-hydrogen) atoms. The average Bonchev–Trinajstić information content (AvgIpc) is 2.63. The van der Waals surface area contributed by atoms with Crippen molar-refractivity contribution in [3.8, 4) is 6.07 Å². The van der Waals surface area contributed by atoms with E-state index in [0.29, 0.717) is 11.4 Å². The van der Waals surface area contributed by atoms with Gasteiger partial charge in [-0.15, -0.1) is 0 Å². The Bertz CT molecular complexity index is 1040. The van der Waals surface area contributed by atoms with Crippen LogP contribution in [0.2, 0.25) is 0 Å². The van der Waals surface area contributed by atoms with Gasteiger partial charge in [-0.05, 0) is 17.5 Å². The highest BCUT2D eigenvalue weighted by Gasteiger charge is 2.33. The van der Waals surface area contributed by atoms with Gasteiger partial charge in [-0.1, -0.05) is 31.2 Å². The van der Waals surface area contributed by atoms with Crippen LogP contribution in [0.25, 0.3) is 0 Å². The van der Waals surface area contributed by atoms with E-state index in [1.165, 1.54) is 11.6 Å². The van der Waals surface area contributed by atoms with Gasteiger partial charge in [0.05, 0.1) is 23.1 Å². The summed E-state index contributed by atoms with van der Waals surface area (Å²) in [6, 6.07) is 9.84. The molecule has 0 saturated heterocycles. The van der Waals surface area contributed by atoms with Crippen molar-refractivity contribution in [2.24, 2.45) is 19.8 Å². The molecular weight excluding hydrogens is 318 g/mol. The van der Waals surface area contributed by atoms with E-state index in [0.717, 1.165) is 22.1 Å². The topological polar surface area (TPSA) is 106 Å². The zero-order chi connectivity index (χ0) is 18.3. The van der Waals surface area contributed by atoms with E-state index in [-0.39, 0.29) is 11.4 Å². The fourth-order valence-corrected chi connectivity index (χ4v) is 3.18. The number of nitrogens with zero attached hydrogens (tertiary/aromatic N) is 3. The van der Waals surface area contributed by atoms with E-state index in [1.54, 1.807) is 7.05 Å². The first-order valence-corrected chi connectivity index (χ1v) is 7.96. The largest absolute Gasteiger partial charge is 0.384 e. The molecule has 1 aromatic heterocycles. The molecule has 1 aliphatic rings. The van der Waals surface area contributed by atoms with Crippen molar-refractivity contribution in [3.63, 3.8) is 0 Å². The Morgan fingerprint density at radius 2 is 1.84 bits per heavy atom. The Kier molecular flexibility index (Phi) is 3.97. The number of hydrogen-bond acceptors (Lipinski definition) is 5. The van der Waals surface area contributed by atoms with Gasteiger partial charge >= 0.3 is 5.69 Å². The van der Waals surface area contributed by atoms with Crippen LogP contribution in [-0.2, 0) is 20.5 Å². The molecule has 0 saturated carbocycles. The highest BCUT2D eigenvalue weighted by atomic mass is 16.2. The van der Waals surface area contributed by atoms with Crippen LogP contribution in [0.4, 0.5) is 5.82 Å². The number of aromatic nitrogens is 2. The van der Waals surface area contributed by atoms with Gasteiger partial charge in [0.15, 0.2) is 0 Å². The van der Waals surface area contributed by atoms with Gasteiger partial charge in [0.2, 0.25) is 0 Å². The number of allylic oxidation sites excluding steroid dienone is 1. The molecule has 0 aliphatic carbocycles. The highest BCUT2D eigenvalue weighted by Crippen LogP contribution is 2.37. The monoisotopic (exact) mass is 337 g/mol. The Morgan fingerprint density at radius 1 is 1.20 bits per heavy atom. The van der Waals surface area contributed by atoms with Crippen LogP contribution in [0.1, 0.15) is 29.5 Å². The summed E-state index contributed by atoms with van der Waals surface area (Å²) >= 11 is 0. The number of anilines is 1. The lowest BCUT2D eigenvalue weighted by Gasteiger charge is -2.28. The molecule has 0 spiro atoms. The number of hydrogen-bond donors (Lipinski definition) is 2. The van der Waals surface area contributed by atoms with Crippen molar-refractivity contribution in [3.05, 3.63) is 73.2 Å². The fourth-order valence-electron chi connectivity index (χ4n) is 3.18. The van der Waals surface area contributed by atoms with Crippen LogP contribution in [-0.4, -0.2) is 9.13 Å². The summed E-state index contributed by atoms with van der Waals surface area (Å²) in [6.45, 7) is 2.05. The molecular formula is C18H19N5O2. The number of nitriles is 1. The number of nitrogens with two attached hydrogens (primary N) is 1. The Balaban J connectivity index is 2.36. The van der Waals surface area contributed by atoms with E-state index in [9.17, 15) is 14.9 Å². The fraction of sp³-hybridized carbons (Fsp3) is 0.278. The van der Waals surface area contributed by atoms with Crippen LogP contribution in [0, 0.1) is 11.3 Å². The van der Waals surface area contributed by atoms with Gasteiger partial charge in [-0.2, -0.15) is 5.26 Å². The SMILES string of the molecule is CCc1ccc([C@@H]2C(C#N)=C(N)Nc3c2c(=O)n(C)c(=O)n3C)cc1. The Hall–Kier alpha value is -3.27. The summed E-state index contributed by atoms with van der Waals surface area (Å²) in [4.78, 5) is 25.0. The summed E-state index contributed by atoms with van der Waals surface area (Å²) in [5.74, 6) is -0.130. The van der Waals surface area contributed by atoms with Gasteiger partial charge in [0.1, 0.15) is 11.6 Å². The summed E-state index contributed by atoms with van der Waals surface area (Å²) in [6.07, 6.45) is 0.891. The van der Waals surface area contributed by atoms with E-state index in [4.69, 9.17) is 5.73 Å². The van der Waals surface area contributed by atoms with Crippen molar-refractivity contribution < 1.29 is 0 Å². The van der Waals surface area contributed by atoms with Crippen molar-refractivity contribution in [1.82, 2.24) is 9.13 Å². The summed E-state index contributed by atoms with van der Waals surface area (Å²) in [5.41, 5.74) is 7.69. The first-order valence-electron chi connectivity index (χ1n) is 7.96. The molecule has 2 heterocycles. The number of nitrogens with one attached hydrogen (secondary N) is 1. The van der Waals surface area contributed by atoms with Crippen LogP contribution >= 0.6 is 0 Å². The van der Waals surface area contributed by atoms with Crippen LogP contribution in [0.5, 0.6) is 0 Å². The molecule has 7 heteroatoms. The Morgan fingerprint density at radius 3 is 2.40 bits per heavy atom. The highest BCUT2D eigenvalue weighted by molar-refractivity contribution is 5.64. The molecule has 1 atom stereocenters. The zero-order valence-corrected chi connectivity index (χ0v) is 14.3. The first kappa shape index (κ1) is 16.6. The molecule has 0 bridgehead atoms. The maximum atomic E-state index is 12.8. The Labute approximate surface area is 144 Å². The smallest absolute Gasteiger partial charge is 0.332 e. The van der Waals surface area contributed by atoms with Crippen molar-refractivity contribution >= 4 is 5.82 Å². The first-order chi connectivity index (χ1) is 11.9. The number of fused-ring (bicyclic) bond motifs is 1. The summed E-state index contributed by atoms with van der Waals surface area (Å²) < 4.78 is 2.38. The molecule has 3 rings (SSSR count). The normalized spacial score (nSPS) is 16.2. The minimum atomic E-state index is -0.613. The standard InChI is InChI=1S/C18H19N5O2/c1-4-10-5-7-11(8-6-10)13-12(9-19)15(20)21-16-14(13)17(24)23(3)18(25)22(16)2/h5-8,13,21H,4,20H2,1-3H3/t13-/m1/s1. The maximum absolute atomic E-state index is 12.8. The van der Waals surface area contributed by atoms with Gasteiger partial charge < -0.3 is 11.1 Å². The second kappa shape index (κ2) is 5.98. The number of benzene rings is 1. The quantitative estimate of drug-likeness (QED) is 0.847. The molecule has 128 valence electrons. The van der Waals surface area contributed by atoms with E-state index >= 15 is 0 Å². The third kappa shape index (κ3) is 2.43. The second-order valence-electron chi connectivity index (χ2n) is 6.06. The molecule has 0 unspecified atom stereocenters. The van der Waals surface area contributed by atoms with E-state index in [1.807, 2.05) is 24.3 Å². The predicted octanol–water partition coefficient (Wildman–Crippen LogP) is 0.898. The second-order valence-corrected chi connectivity index (χ2v) is 6.06. The van der Waals surface area contributed by atoms with Gasteiger partial charge in [0, 0.05) is 14.1 Å². The lowest BCUT2D eigenvalue weighted by Crippen LogP contribution is -2.43. The number of rotatable bonds is 2.